The molecule has 1 fully saturated rings. The number of hydrogen-bond donors (Lipinski definition) is 1. The average Bonchev–Trinajstić information content (AvgIpc) is 2.73. The van der Waals surface area contributed by atoms with Crippen LogP contribution in [-0.2, 0) is 23.6 Å². The van der Waals surface area contributed by atoms with Gasteiger partial charge in [0.1, 0.15) is 4.90 Å². The molecule has 0 saturated heterocycles. The van der Waals surface area contributed by atoms with Gasteiger partial charge in [-0.15, -0.1) is 0 Å². The number of nitrogens with zero attached hydrogens (tertiary/aromatic N) is 2. The molecule has 0 atom stereocenters. The van der Waals surface area contributed by atoms with Crippen molar-refractivity contribution >= 4 is 10.0 Å². The first-order valence-electron chi connectivity index (χ1n) is 7.65. The largest absolute Gasteiger partial charge is 0.352 e. The Labute approximate surface area is 128 Å². The van der Waals surface area contributed by atoms with E-state index >= 15 is 0 Å². The number of nitrogens with one attached hydrogen (secondary N) is 1. The zero-order valence-electron chi connectivity index (χ0n) is 13.5. The molecule has 0 unspecified atom stereocenters. The summed E-state index contributed by atoms with van der Waals surface area (Å²) in [5.41, 5.74) is 0.985. The fraction of sp³-hybridized carbons (Fsp3) is 0.733. The van der Waals surface area contributed by atoms with Gasteiger partial charge in [0, 0.05) is 45.1 Å². The van der Waals surface area contributed by atoms with Crippen molar-refractivity contribution in [3.8, 4) is 0 Å². The van der Waals surface area contributed by atoms with Gasteiger partial charge in [-0.25, -0.2) is 12.7 Å². The zero-order valence-corrected chi connectivity index (χ0v) is 14.3. The summed E-state index contributed by atoms with van der Waals surface area (Å²) in [5.74, 6) is 0.538. The molecule has 0 aromatic carbocycles. The van der Waals surface area contributed by atoms with E-state index in [0.717, 1.165) is 18.5 Å². The molecule has 1 aromatic rings. The molecule has 1 aliphatic rings. The number of aromatic nitrogens is 1. The maximum atomic E-state index is 12.6. The molecule has 0 radical (unpaired) electrons. The average molecular weight is 313 g/mol. The molecule has 1 aliphatic carbocycles. The van der Waals surface area contributed by atoms with Gasteiger partial charge in [-0.05, 0) is 24.8 Å². The molecule has 0 spiro atoms. The van der Waals surface area contributed by atoms with E-state index in [2.05, 4.69) is 19.2 Å². The Kier molecular flexibility index (Phi) is 5.11. The normalized spacial score (nSPS) is 16.7. The van der Waals surface area contributed by atoms with Gasteiger partial charge in [0.05, 0.1) is 0 Å². The van der Waals surface area contributed by atoms with Crippen molar-refractivity contribution in [1.82, 2.24) is 14.2 Å². The third-order valence-corrected chi connectivity index (χ3v) is 6.01. The summed E-state index contributed by atoms with van der Waals surface area (Å²) in [5, 5.41) is 3.32. The second-order valence-electron chi connectivity index (χ2n) is 6.40. The first-order chi connectivity index (χ1) is 9.80. The van der Waals surface area contributed by atoms with Gasteiger partial charge in [-0.1, -0.05) is 20.3 Å². The first kappa shape index (κ1) is 16.5. The van der Waals surface area contributed by atoms with Crippen LogP contribution in [-0.4, -0.2) is 36.9 Å². The summed E-state index contributed by atoms with van der Waals surface area (Å²) in [6, 6.07) is 2.16. The van der Waals surface area contributed by atoms with Crippen LogP contribution < -0.4 is 5.32 Å². The highest BCUT2D eigenvalue weighted by Crippen LogP contribution is 2.28. The maximum absolute atomic E-state index is 12.6. The van der Waals surface area contributed by atoms with Gasteiger partial charge in [0.15, 0.2) is 0 Å². The fourth-order valence-electron chi connectivity index (χ4n) is 2.52. The molecule has 1 aromatic heterocycles. The van der Waals surface area contributed by atoms with E-state index in [1.54, 1.807) is 19.3 Å². The number of hydrogen-bond acceptors (Lipinski definition) is 3. The third-order valence-electron chi connectivity index (χ3n) is 4.22. The van der Waals surface area contributed by atoms with E-state index in [1.807, 2.05) is 11.6 Å². The monoisotopic (exact) mass is 313 g/mol. The summed E-state index contributed by atoms with van der Waals surface area (Å²) in [6.07, 6.45) is 5.25. The Morgan fingerprint density at radius 3 is 2.62 bits per heavy atom. The van der Waals surface area contributed by atoms with E-state index in [9.17, 15) is 8.42 Å². The quantitative estimate of drug-likeness (QED) is 0.837. The topological polar surface area (TPSA) is 54.3 Å². The highest BCUT2D eigenvalue weighted by atomic mass is 32.2. The fourth-order valence-corrected chi connectivity index (χ4v) is 3.86. The SMILES string of the molecule is CC(C)NCc1cc(S(=O)(=O)N(C)CC2CCC2)cn1C. The van der Waals surface area contributed by atoms with Crippen molar-refractivity contribution in [2.45, 2.75) is 50.6 Å². The van der Waals surface area contributed by atoms with Gasteiger partial charge in [0.25, 0.3) is 0 Å². The summed E-state index contributed by atoms with van der Waals surface area (Å²) in [7, 11) is 0.213. The van der Waals surface area contributed by atoms with Gasteiger partial charge in [-0.2, -0.15) is 0 Å². The maximum Gasteiger partial charge on any atom is 0.244 e. The summed E-state index contributed by atoms with van der Waals surface area (Å²) in [6.45, 7) is 5.47. The molecule has 1 heterocycles. The van der Waals surface area contributed by atoms with E-state index in [1.165, 1.54) is 10.7 Å². The number of aryl methyl sites for hydroxylation is 1. The zero-order chi connectivity index (χ0) is 15.6. The standard InChI is InChI=1S/C15H27N3O2S/c1-12(2)16-9-14-8-15(11-17(14)3)21(19,20)18(4)10-13-6-5-7-13/h8,11-13,16H,5-7,9-10H2,1-4H3. The van der Waals surface area contributed by atoms with Gasteiger partial charge < -0.3 is 9.88 Å². The Hall–Kier alpha value is -0.850. The Morgan fingerprint density at radius 2 is 2.10 bits per heavy atom. The van der Waals surface area contributed by atoms with Crippen LogP contribution in [0.2, 0.25) is 0 Å². The molecule has 0 bridgehead atoms. The van der Waals surface area contributed by atoms with Crippen LogP contribution in [0.1, 0.15) is 38.8 Å². The molecule has 5 nitrogen and oxygen atoms in total. The van der Waals surface area contributed by atoms with Crippen molar-refractivity contribution in [3.63, 3.8) is 0 Å². The molecule has 6 heteroatoms. The molecule has 21 heavy (non-hydrogen) atoms. The van der Waals surface area contributed by atoms with E-state index in [0.29, 0.717) is 29.9 Å². The smallest absolute Gasteiger partial charge is 0.244 e. The van der Waals surface area contributed by atoms with Crippen molar-refractivity contribution < 1.29 is 8.42 Å². The lowest BCUT2D eigenvalue weighted by atomic mass is 9.86. The summed E-state index contributed by atoms with van der Waals surface area (Å²) < 4.78 is 28.6. The predicted octanol–water partition coefficient (Wildman–Crippen LogP) is 1.94. The van der Waals surface area contributed by atoms with Gasteiger partial charge in [-0.3, -0.25) is 0 Å². The van der Waals surface area contributed by atoms with Crippen molar-refractivity contribution in [3.05, 3.63) is 18.0 Å². The van der Waals surface area contributed by atoms with Crippen LogP contribution in [0.5, 0.6) is 0 Å². The highest BCUT2D eigenvalue weighted by molar-refractivity contribution is 7.89. The first-order valence-corrected chi connectivity index (χ1v) is 9.09. The molecule has 0 aliphatic heterocycles. The predicted molar refractivity (Wildman–Crippen MR) is 84.5 cm³/mol. The van der Waals surface area contributed by atoms with Crippen molar-refractivity contribution in [1.29, 1.82) is 0 Å². The molecule has 2 rings (SSSR count). The number of sulfonamides is 1. The van der Waals surface area contributed by atoms with E-state index in [-0.39, 0.29) is 0 Å². The minimum absolute atomic E-state index is 0.376. The third kappa shape index (κ3) is 3.87. The lowest BCUT2D eigenvalue weighted by Crippen LogP contribution is -2.34. The molecular weight excluding hydrogens is 286 g/mol. The second kappa shape index (κ2) is 6.50. The van der Waals surface area contributed by atoms with Crippen LogP contribution in [0.4, 0.5) is 0 Å². The van der Waals surface area contributed by atoms with Crippen molar-refractivity contribution in [2.24, 2.45) is 13.0 Å². The van der Waals surface area contributed by atoms with Crippen LogP contribution >= 0.6 is 0 Å². The molecule has 1 N–H and O–H groups in total. The number of rotatable bonds is 7. The van der Waals surface area contributed by atoms with Crippen molar-refractivity contribution in [2.75, 3.05) is 13.6 Å². The van der Waals surface area contributed by atoms with Crippen LogP contribution in [0.15, 0.2) is 17.2 Å². The molecular formula is C15H27N3O2S. The summed E-state index contributed by atoms with van der Waals surface area (Å²) in [4.78, 5) is 0.396. The molecule has 1 saturated carbocycles. The minimum atomic E-state index is -3.37. The summed E-state index contributed by atoms with van der Waals surface area (Å²) >= 11 is 0. The van der Waals surface area contributed by atoms with Gasteiger partial charge >= 0.3 is 0 Å². The minimum Gasteiger partial charge on any atom is -0.352 e. The molecule has 0 amide bonds. The van der Waals surface area contributed by atoms with E-state index in [4.69, 9.17) is 0 Å². The van der Waals surface area contributed by atoms with Crippen LogP contribution in [0, 0.1) is 5.92 Å². The Morgan fingerprint density at radius 1 is 1.43 bits per heavy atom. The van der Waals surface area contributed by atoms with Crippen LogP contribution in [0.25, 0.3) is 0 Å². The van der Waals surface area contributed by atoms with Gasteiger partial charge in [0.2, 0.25) is 10.0 Å². The van der Waals surface area contributed by atoms with Crippen LogP contribution in [0.3, 0.4) is 0 Å². The molecule has 120 valence electrons. The lowest BCUT2D eigenvalue weighted by molar-refractivity contribution is 0.263. The Bertz CT molecular complexity index is 574. The lowest BCUT2D eigenvalue weighted by Gasteiger charge is -2.29. The highest BCUT2D eigenvalue weighted by Gasteiger charge is 2.27. The second-order valence-corrected chi connectivity index (χ2v) is 8.44. The van der Waals surface area contributed by atoms with E-state index < -0.39 is 10.0 Å². The Balaban J connectivity index is 2.10.